The number of nitrogens with zero attached hydrogens (tertiary/aromatic N) is 1. The number of hydrogen-bond acceptors (Lipinski definition) is 4. The first-order valence-electron chi connectivity index (χ1n) is 6.92. The number of nitrogens with one attached hydrogen (secondary N) is 1. The van der Waals surface area contributed by atoms with Gasteiger partial charge in [0.15, 0.2) is 0 Å². The average Bonchev–Trinajstić information content (AvgIpc) is 2.26. The molecule has 0 fully saturated rings. The van der Waals surface area contributed by atoms with Crippen molar-refractivity contribution in [3.63, 3.8) is 0 Å². The van der Waals surface area contributed by atoms with Crippen LogP contribution in [0.2, 0.25) is 0 Å². The Hall–Kier alpha value is -0.610. The van der Waals surface area contributed by atoms with E-state index < -0.39 is 5.54 Å². The zero-order valence-electron chi connectivity index (χ0n) is 13.0. The van der Waals surface area contributed by atoms with E-state index >= 15 is 0 Å². The molecule has 108 valence electrons. The minimum absolute atomic E-state index is 0.172. The number of esters is 1. The molecule has 0 saturated heterocycles. The zero-order valence-corrected chi connectivity index (χ0v) is 13.0. The topological polar surface area (TPSA) is 41.6 Å². The highest BCUT2D eigenvalue weighted by atomic mass is 16.5. The number of carbonyl (C=O) groups is 1. The first kappa shape index (κ1) is 17.4. The van der Waals surface area contributed by atoms with Gasteiger partial charge >= 0.3 is 5.97 Å². The van der Waals surface area contributed by atoms with Gasteiger partial charge in [0.05, 0.1) is 6.61 Å². The second-order valence-corrected chi connectivity index (χ2v) is 5.52. The molecule has 0 amide bonds. The molecule has 0 aliphatic heterocycles. The number of hydrogen-bond donors (Lipinski definition) is 1. The standard InChI is InChI=1S/C14H30N2O2/c1-8-12(5)16(7)10-14(6,15-11(3)4)13(17)18-9-2/h11-12,15H,8-10H2,1-7H3. The molecule has 4 heteroatoms. The molecule has 0 aromatic heterocycles. The minimum atomic E-state index is -0.650. The van der Waals surface area contributed by atoms with E-state index in [2.05, 4.69) is 24.1 Å². The van der Waals surface area contributed by atoms with Gasteiger partial charge in [-0.25, -0.2) is 0 Å². The summed E-state index contributed by atoms with van der Waals surface area (Å²) in [6.45, 7) is 13.2. The Kier molecular flexibility index (Phi) is 7.48. The Balaban J connectivity index is 4.81. The van der Waals surface area contributed by atoms with E-state index in [-0.39, 0.29) is 12.0 Å². The van der Waals surface area contributed by atoms with Crippen LogP contribution in [0.4, 0.5) is 0 Å². The zero-order chi connectivity index (χ0) is 14.3. The third-order valence-electron chi connectivity index (χ3n) is 3.24. The molecule has 1 N–H and O–H groups in total. The van der Waals surface area contributed by atoms with Crippen LogP contribution in [0.5, 0.6) is 0 Å². The van der Waals surface area contributed by atoms with Gasteiger partial charge in [-0.15, -0.1) is 0 Å². The molecule has 0 rings (SSSR count). The number of rotatable bonds is 8. The molecule has 18 heavy (non-hydrogen) atoms. The van der Waals surface area contributed by atoms with Crippen molar-refractivity contribution in [1.29, 1.82) is 0 Å². The van der Waals surface area contributed by atoms with Gasteiger partial charge < -0.3 is 9.64 Å². The summed E-state index contributed by atoms with van der Waals surface area (Å²) in [5.41, 5.74) is -0.650. The Bertz CT molecular complexity index is 256. The second-order valence-electron chi connectivity index (χ2n) is 5.52. The van der Waals surface area contributed by atoms with Gasteiger partial charge in [0.2, 0.25) is 0 Å². The fourth-order valence-electron chi connectivity index (χ4n) is 2.06. The van der Waals surface area contributed by atoms with Crippen LogP contribution in [0.3, 0.4) is 0 Å². The van der Waals surface area contributed by atoms with Gasteiger partial charge in [-0.05, 0) is 48.1 Å². The van der Waals surface area contributed by atoms with Crippen LogP contribution in [0, 0.1) is 0 Å². The van der Waals surface area contributed by atoms with Crippen molar-refractivity contribution in [2.45, 2.75) is 65.6 Å². The molecule has 0 aliphatic rings. The van der Waals surface area contributed by atoms with Crippen molar-refractivity contribution in [1.82, 2.24) is 10.2 Å². The minimum Gasteiger partial charge on any atom is -0.465 e. The molecule has 0 aliphatic carbocycles. The number of likely N-dealkylation sites (N-methyl/N-ethyl adjacent to an activating group) is 1. The third-order valence-corrected chi connectivity index (χ3v) is 3.24. The summed E-state index contributed by atoms with van der Waals surface area (Å²) < 4.78 is 5.19. The molecule has 2 atom stereocenters. The summed E-state index contributed by atoms with van der Waals surface area (Å²) in [5.74, 6) is -0.172. The Morgan fingerprint density at radius 1 is 1.33 bits per heavy atom. The second kappa shape index (κ2) is 7.74. The lowest BCUT2D eigenvalue weighted by Crippen LogP contribution is -2.59. The van der Waals surface area contributed by atoms with Crippen LogP contribution < -0.4 is 5.32 Å². The van der Waals surface area contributed by atoms with Crippen molar-refractivity contribution in [3.8, 4) is 0 Å². The van der Waals surface area contributed by atoms with E-state index in [0.717, 1.165) is 6.42 Å². The van der Waals surface area contributed by atoms with Gasteiger partial charge in [0.25, 0.3) is 0 Å². The molecule has 0 spiro atoms. The maximum Gasteiger partial charge on any atom is 0.327 e. The lowest BCUT2D eigenvalue weighted by molar-refractivity contribution is -0.151. The van der Waals surface area contributed by atoms with E-state index in [9.17, 15) is 4.79 Å². The first-order valence-corrected chi connectivity index (χ1v) is 6.92. The summed E-state index contributed by atoms with van der Waals surface area (Å²) in [5, 5.41) is 3.33. The van der Waals surface area contributed by atoms with E-state index in [1.165, 1.54) is 0 Å². The lowest BCUT2D eigenvalue weighted by Gasteiger charge is -2.36. The van der Waals surface area contributed by atoms with Crippen LogP contribution in [-0.4, -0.2) is 48.7 Å². The van der Waals surface area contributed by atoms with Crippen LogP contribution in [0.15, 0.2) is 0 Å². The Morgan fingerprint density at radius 2 is 1.89 bits per heavy atom. The molecule has 0 radical (unpaired) electrons. The maximum atomic E-state index is 12.1. The molecule has 4 nitrogen and oxygen atoms in total. The molecule has 0 aromatic rings. The lowest BCUT2D eigenvalue weighted by atomic mass is 9.99. The molecule has 0 bridgehead atoms. The van der Waals surface area contributed by atoms with Crippen molar-refractivity contribution < 1.29 is 9.53 Å². The fourth-order valence-corrected chi connectivity index (χ4v) is 2.06. The van der Waals surface area contributed by atoms with E-state index in [0.29, 0.717) is 19.2 Å². The predicted molar refractivity (Wildman–Crippen MR) is 75.7 cm³/mol. The highest BCUT2D eigenvalue weighted by Gasteiger charge is 2.36. The fraction of sp³-hybridized carbons (Fsp3) is 0.929. The molecule has 2 unspecified atom stereocenters. The van der Waals surface area contributed by atoms with E-state index in [1.807, 2.05) is 34.7 Å². The van der Waals surface area contributed by atoms with Gasteiger partial charge in [-0.2, -0.15) is 0 Å². The van der Waals surface area contributed by atoms with Crippen molar-refractivity contribution in [3.05, 3.63) is 0 Å². The average molecular weight is 258 g/mol. The Labute approximate surface area is 112 Å². The van der Waals surface area contributed by atoms with E-state index in [4.69, 9.17) is 4.74 Å². The van der Waals surface area contributed by atoms with Crippen LogP contribution >= 0.6 is 0 Å². The molecular weight excluding hydrogens is 228 g/mol. The summed E-state index contributed by atoms with van der Waals surface area (Å²) in [6, 6.07) is 0.692. The normalized spacial score (nSPS) is 16.7. The predicted octanol–water partition coefficient (Wildman–Crippen LogP) is 2.04. The maximum absolute atomic E-state index is 12.1. The monoisotopic (exact) mass is 258 g/mol. The van der Waals surface area contributed by atoms with Gasteiger partial charge in [-0.1, -0.05) is 6.92 Å². The molecule has 0 aromatic carbocycles. The SMILES string of the molecule is CCOC(=O)C(C)(CN(C)C(C)CC)NC(C)C. The highest BCUT2D eigenvalue weighted by Crippen LogP contribution is 2.13. The third kappa shape index (κ3) is 5.36. The quantitative estimate of drug-likeness (QED) is 0.677. The van der Waals surface area contributed by atoms with E-state index in [1.54, 1.807) is 0 Å². The summed E-state index contributed by atoms with van der Waals surface area (Å²) >= 11 is 0. The van der Waals surface area contributed by atoms with Crippen LogP contribution in [-0.2, 0) is 9.53 Å². The van der Waals surface area contributed by atoms with Gasteiger partial charge in [0, 0.05) is 18.6 Å². The summed E-state index contributed by atoms with van der Waals surface area (Å²) in [7, 11) is 2.05. The first-order chi connectivity index (χ1) is 8.26. The van der Waals surface area contributed by atoms with Crippen LogP contribution in [0.1, 0.15) is 48.0 Å². The smallest absolute Gasteiger partial charge is 0.327 e. The van der Waals surface area contributed by atoms with Crippen molar-refractivity contribution >= 4 is 5.97 Å². The molecule has 0 saturated carbocycles. The van der Waals surface area contributed by atoms with Gasteiger partial charge in [0.1, 0.15) is 5.54 Å². The Morgan fingerprint density at radius 3 is 2.28 bits per heavy atom. The highest BCUT2D eigenvalue weighted by molar-refractivity contribution is 5.80. The number of ether oxygens (including phenoxy) is 1. The molecule has 0 heterocycles. The van der Waals surface area contributed by atoms with Gasteiger partial charge in [-0.3, -0.25) is 10.1 Å². The largest absolute Gasteiger partial charge is 0.465 e. The number of carbonyl (C=O) groups excluding carboxylic acids is 1. The summed E-state index contributed by atoms with van der Waals surface area (Å²) in [6.07, 6.45) is 1.07. The van der Waals surface area contributed by atoms with Crippen LogP contribution in [0.25, 0.3) is 0 Å². The van der Waals surface area contributed by atoms with Crippen molar-refractivity contribution in [2.24, 2.45) is 0 Å². The summed E-state index contributed by atoms with van der Waals surface area (Å²) in [4.78, 5) is 14.3. The molecular formula is C14H30N2O2. The van der Waals surface area contributed by atoms with Crippen molar-refractivity contribution in [2.75, 3.05) is 20.2 Å².